The van der Waals surface area contributed by atoms with Gasteiger partial charge in [-0.2, -0.15) is 5.26 Å². The van der Waals surface area contributed by atoms with Crippen molar-refractivity contribution in [1.29, 1.82) is 5.26 Å². The van der Waals surface area contributed by atoms with E-state index in [1.54, 1.807) is 25.1 Å². The molecule has 0 fully saturated rings. The monoisotopic (exact) mass is 219 g/mol. The van der Waals surface area contributed by atoms with Crippen molar-refractivity contribution in [2.45, 2.75) is 6.92 Å². The van der Waals surface area contributed by atoms with Crippen LogP contribution < -0.4 is 9.47 Å². The maximum atomic E-state index is 11.7. The second kappa shape index (κ2) is 5.17. The Morgan fingerprint density at radius 3 is 2.44 bits per heavy atom. The molecule has 0 amide bonds. The van der Waals surface area contributed by atoms with Crippen molar-refractivity contribution in [2.75, 3.05) is 14.2 Å². The average Bonchev–Trinajstić information content (AvgIpc) is 2.35. The number of nitrogens with zero attached hydrogens (tertiary/aromatic N) is 1. The van der Waals surface area contributed by atoms with Crippen LogP contribution in [0.25, 0.3) is 0 Å². The summed E-state index contributed by atoms with van der Waals surface area (Å²) in [6.45, 7) is 1.57. The van der Waals surface area contributed by atoms with Gasteiger partial charge in [-0.15, -0.1) is 0 Å². The molecular weight excluding hydrogens is 206 g/mol. The first-order chi connectivity index (χ1) is 7.63. The van der Waals surface area contributed by atoms with Gasteiger partial charge in [0.15, 0.2) is 17.3 Å². The minimum Gasteiger partial charge on any atom is -0.493 e. The van der Waals surface area contributed by atoms with Crippen LogP contribution in [-0.4, -0.2) is 20.0 Å². The SMILES string of the molecule is COc1ccc(C(=O)[C@H](C)C#N)cc1OC. The molecule has 4 nitrogen and oxygen atoms in total. The van der Waals surface area contributed by atoms with Crippen LogP contribution in [0.5, 0.6) is 11.5 Å². The van der Waals surface area contributed by atoms with Gasteiger partial charge in [0.05, 0.1) is 20.3 Å². The minimum atomic E-state index is -0.655. The number of nitriles is 1. The molecule has 0 aliphatic heterocycles. The molecule has 1 aromatic carbocycles. The Labute approximate surface area is 94.4 Å². The third-order valence-electron chi connectivity index (χ3n) is 2.25. The number of ether oxygens (including phenoxy) is 2. The van der Waals surface area contributed by atoms with Crippen molar-refractivity contribution in [3.8, 4) is 17.6 Å². The summed E-state index contributed by atoms with van der Waals surface area (Å²) in [6.07, 6.45) is 0. The number of hydrogen-bond acceptors (Lipinski definition) is 4. The lowest BCUT2D eigenvalue weighted by atomic mass is 10.0. The number of carbonyl (C=O) groups is 1. The number of ketones is 1. The van der Waals surface area contributed by atoms with Crippen LogP contribution in [0.3, 0.4) is 0 Å². The van der Waals surface area contributed by atoms with Crippen molar-refractivity contribution in [1.82, 2.24) is 0 Å². The summed E-state index contributed by atoms with van der Waals surface area (Å²) in [5.41, 5.74) is 0.451. The van der Waals surface area contributed by atoms with E-state index in [2.05, 4.69) is 0 Å². The molecule has 0 aromatic heterocycles. The molecule has 0 saturated heterocycles. The topological polar surface area (TPSA) is 59.3 Å². The highest BCUT2D eigenvalue weighted by Gasteiger charge is 2.16. The predicted octanol–water partition coefficient (Wildman–Crippen LogP) is 2.05. The Hall–Kier alpha value is -2.02. The summed E-state index contributed by atoms with van der Waals surface area (Å²) in [5, 5.41) is 8.67. The standard InChI is InChI=1S/C12H13NO3/c1-8(7-13)12(14)9-4-5-10(15-2)11(6-9)16-3/h4-6,8H,1-3H3/t8-/m1/s1. The quantitative estimate of drug-likeness (QED) is 0.727. The first kappa shape index (κ1) is 12.1. The zero-order valence-corrected chi connectivity index (χ0v) is 9.48. The van der Waals surface area contributed by atoms with Crippen LogP contribution >= 0.6 is 0 Å². The molecule has 16 heavy (non-hydrogen) atoms. The van der Waals surface area contributed by atoms with E-state index in [9.17, 15) is 4.79 Å². The zero-order valence-electron chi connectivity index (χ0n) is 9.48. The van der Waals surface area contributed by atoms with Gasteiger partial charge >= 0.3 is 0 Å². The lowest BCUT2D eigenvalue weighted by Crippen LogP contribution is -2.09. The highest BCUT2D eigenvalue weighted by atomic mass is 16.5. The van der Waals surface area contributed by atoms with E-state index in [1.807, 2.05) is 6.07 Å². The summed E-state index contributed by atoms with van der Waals surface area (Å²) in [4.78, 5) is 11.7. The first-order valence-corrected chi connectivity index (χ1v) is 4.80. The maximum absolute atomic E-state index is 11.7. The maximum Gasteiger partial charge on any atom is 0.179 e. The average molecular weight is 219 g/mol. The van der Waals surface area contributed by atoms with Crippen molar-refractivity contribution in [3.63, 3.8) is 0 Å². The fraction of sp³-hybridized carbons (Fsp3) is 0.333. The fourth-order valence-electron chi connectivity index (χ4n) is 1.30. The van der Waals surface area contributed by atoms with Gasteiger partial charge in [0.1, 0.15) is 5.92 Å². The number of methoxy groups -OCH3 is 2. The molecule has 0 unspecified atom stereocenters. The van der Waals surface area contributed by atoms with Crippen LogP contribution in [0.2, 0.25) is 0 Å². The normalized spacial score (nSPS) is 11.4. The van der Waals surface area contributed by atoms with Gasteiger partial charge < -0.3 is 9.47 Å². The molecule has 0 bridgehead atoms. The zero-order chi connectivity index (χ0) is 12.1. The molecule has 0 aliphatic carbocycles. The van der Waals surface area contributed by atoms with Gasteiger partial charge in [-0.25, -0.2) is 0 Å². The van der Waals surface area contributed by atoms with Crippen LogP contribution in [0.1, 0.15) is 17.3 Å². The molecule has 4 heteroatoms. The summed E-state index contributed by atoms with van der Waals surface area (Å²) in [7, 11) is 3.02. The molecule has 0 heterocycles. The van der Waals surface area contributed by atoms with Crippen LogP contribution in [-0.2, 0) is 0 Å². The van der Waals surface area contributed by atoms with Gasteiger partial charge in [0.25, 0.3) is 0 Å². The van der Waals surface area contributed by atoms with Crippen molar-refractivity contribution < 1.29 is 14.3 Å². The third kappa shape index (κ3) is 2.31. The van der Waals surface area contributed by atoms with Gasteiger partial charge in [-0.3, -0.25) is 4.79 Å². The highest BCUT2D eigenvalue weighted by Crippen LogP contribution is 2.28. The summed E-state index contributed by atoms with van der Waals surface area (Å²) in [5.74, 6) is 0.170. The largest absolute Gasteiger partial charge is 0.493 e. The van der Waals surface area contributed by atoms with Gasteiger partial charge in [-0.1, -0.05) is 0 Å². The Kier molecular flexibility index (Phi) is 3.90. The Morgan fingerprint density at radius 1 is 1.31 bits per heavy atom. The van der Waals surface area contributed by atoms with Crippen molar-refractivity contribution >= 4 is 5.78 Å². The van der Waals surface area contributed by atoms with Crippen LogP contribution in [0.4, 0.5) is 0 Å². The third-order valence-corrected chi connectivity index (χ3v) is 2.25. The lowest BCUT2D eigenvalue weighted by molar-refractivity contribution is 0.0956. The number of hydrogen-bond donors (Lipinski definition) is 0. The molecule has 0 spiro atoms. The minimum absolute atomic E-state index is 0.219. The van der Waals surface area contributed by atoms with Gasteiger partial charge in [0.2, 0.25) is 0 Å². The van der Waals surface area contributed by atoms with E-state index in [1.165, 1.54) is 14.2 Å². The summed E-state index contributed by atoms with van der Waals surface area (Å²) >= 11 is 0. The molecule has 1 rings (SSSR count). The van der Waals surface area contributed by atoms with Crippen molar-refractivity contribution in [2.24, 2.45) is 5.92 Å². The van der Waals surface area contributed by atoms with Gasteiger partial charge in [0, 0.05) is 5.56 Å². The molecule has 0 saturated carbocycles. The van der Waals surface area contributed by atoms with E-state index in [0.29, 0.717) is 17.1 Å². The van der Waals surface area contributed by atoms with Gasteiger partial charge in [-0.05, 0) is 25.1 Å². The number of benzene rings is 1. The molecule has 0 aliphatic rings. The molecule has 84 valence electrons. The summed E-state index contributed by atoms with van der Waals surface area (Å²) in [6, 6.07) is 6.76. The van der Waals surface area contributed by atoms with E-state index >= 15 is 0 Å². The van der Waals surface area contributed by atoms with E-state index in [4.69, 9.17) is 14.7 Å². The van der Waals surface area contributed by atoms with Crippen LogP contribution in [0.15, 0.2) is 18.2 Å². The lowest BCUT2D eigenvalue weighted by Gasteiger charge is -2.09. The van der Waals surface area contributed by atoms with E-state index in [-0.39, 0.29) is 5.78 Å². The Morgan fingerprint density at radius 2 is 1.94 bits per heavy atom. The molecule has 1 atom stereocenters. The molecule has 0 radical (unpaired) electrons. The molecular formula is C12H13NO3. The van der Waals surface area contributed by atoms with Crippen LogP contribution in [0, 0.1) is 17.2 Å². The molecule has 0 N–H and O–H groups in total. The predicted molar refractivity (Wildman–Crippen MR) is 58.7 cm³/mol. The van der Waals surface area contributed by atoms with Crippen molar-refractivity contribution in [3.05, 3.63) is 23.8 Å². The van der Waals surface area contributed by atoms with E-state index < -0.39 is 5.92 Å². The second-order valence-corrected chi connectivity index (χ2v) is 3.28. The Balaban J connectivity index is 3.09. The fourth-order valence-corrected chi connectivity index (χ4v) is 1.30. The number of rotatable bonds is 4. The Bertz CT molecular complexity index is 434. The summed E-state index contributed by atoms with van der Waals surface area (Å²) < 4.78 is 10.1. The number of Topliss-reactive ketones (excluding diaryl/α,β-unsaturated/α-hetero) is 1. The second-order valence-electron chi connectivity index (χ2n) is 3.28. The number of carbonyl (C=O) groups excluding carboxylic acids is 1. The first-order valence-electron chi connectivity index (χ1n) is 4.80. The molecule has 1 aromatic rings. The highest BCUT2D eigenvalue weighted by molar-refractivity contribution is 5.99. The van der Waals surface area contributed by atoms with E-state index in [0.717, 1.165) is 0 Å². The smallest absolute Gasteiger partial charge is 0.179 e.